The van der Waals surface area contributed by atoms with Gasteiger partial charge in [-0.1, -0.05) is 30.7 Å². The van der Waals surface area contributed by atoms with Crippen LogP contribution in [0.3, 0.4) is 0 Å². The molecule has 0 atom stereocenters. The molecule has 1 aromatic rings. The highest BCUT2D eigenvalue weighted by atomic mass is 35.5. The van der Waals surface area contributed by atoms with E-state index < -0.39 is 5.79 Å². The molecule has 2 heterocycles. The topological polar surface area (TPSA) is 41.9 Å². The number of likely N-dealkylation sites (tertiary alicyclic amines) is 1. The number of piperidine rings is 1. The van der Waals surface area contributed by atoms with Crippen molar-refractivity contribution >= 4 is 11.6 Å². The van der Waals surface area contributed by atoms with Gasteiger partial charge in [-0.05, 0) is 45.4 Å². The van der Waals surface area contributed by atoms with Crippen LogP contribution < -0.4 is 0 Å². The van der Waals surface area contributed by atoms with Gasteiger partial charge in [0.2, 0.25) is 0 Å². The van der Waals surface area contributed by atoms with Crippen LogP contribution in [0.25, 0.3) is 0 Å². The quantitative estimate of drug-likeness (QED) is 0.850. The molecule has 0 amide bonds. The summed E-state index contributed by atoms with van der Waals surface area (Å²) in [7, 11) is 0. The van der Waals surface area contributed by atoms with Crippen LogP contribution >= 0.6 is 11.6 Å². The standard InChI is InChI=1S/C21H32ClNO3/c1-18(2)11-21(25-14-20(5,13-24)15-26-21)12-19(3,4)23(18)10-16-6-8-17(22)9-7-16/h6-9,24H,10-15H2,1-5H3. The summed E-state index contributed by atoms with van der Waals surface area (Å²) in [6.45, 7) is 13.1. The van der Waals surface area contributed by atoms with E-state index >= 15 is 0 Å². The van der Waals surface area contributed by atoms with Crippen LogP contribution in [-0.2, 0) is 16.0 Å². The Bertz CT molecular complexity index is 613. The summed E-state index contributed by atoms with van der Waals surface area (Å²) in [6, 6.07) is 8.09. The van der Waals surface area contributed by atoms with Crippen molar-refractivity contribution in [1.82, 2.24) is 4.90 Å². The molecule has 2 aliphatic heterocycles. The number of ether oxygens (including phenoxy) is 2. The Labute approximate surface area is 162 Å². The Hall–Kier alpha value is -0.650. The maximum atomic E-state index is 9.59. The Morgan fingerprint density at radius 1 is 0.962 bits per heavy atom. The van der Waals surface area contributed by atoms with Crippen molar-refractivity contribution in [2.45, 2.75) is 70.9 Å². The number of aliphatic hydroxyl groups excluding tert-OH is 1. The number of aliphatic hydroxyl groups is 1. The second-order valence-electron chi connectivity index (χ2n) is 9.65. The maximum Gasteiger partial charge on any atom is 0.171 e. The van der Waals surface area contributed by atoms with Crippen LogP contribution in [0.1, 0.15) is 53.0 Å². The molecule has 2 saturated heterocycles. The van der Waals surface area contributed by atoms with Gasteiger partial charge < -0.3 is 14.6 Å². The SMILES string of the molecule is CC1(CO)COC2(CC(C)(C)N(Cc3ccc(Cl)cc3)C(C)(C)C2)OC1. The van der Waals surface area contributed by atoms with Crippen molar-refractivity contribution < 1.29 is 14.6 Å². The van der Waals surface area contributed by atoms with Crippen LogP contribution in [0, 0.1) is 5.41 Å². The van der Waals surface area contributed by atoms with Crippen molar-refractivity contribution in [1.29, 1.82) is 0 Å². The first-order valence-electron chi connectivity index (χ1n) is 9.40. The van der Waals surface area contributed by atoms with Gasteiger partial charge in [0, 0.05) is 40.9 Å². The first-order valence-corrected chi connectivity index (χ1v) is 9.78. The van der Waals surface area contributed by atoms with Crippen LogP contribution in [0.2, 0.25) is 5.02 Å². The zero-order chi connectivity index (χ0) is 19.2. The number of nitrogens with zero attached hydrogens (tertiary/aromatic N) is 1. The monoisotopic (exact) mass is 381 g/mol. The van der Waals surface area contributed by atoms with Gasteiger partial charge >= 0.3 is 0 Å². The van der Waals surface area contributed by atoms with E-state index in [2.05, 4.69) is 44.7 Å². The van der Waals surface area contributed by atoms with Gasteiger partial charge in [0.25, 0.3) is 0 Å². The van der Waals surface area contributed by atoms with E-state index in [1.807, 2.05) is 19.1 Å². The van der Waals surface area contributed by atoms with Crippen molar-refractivity contribution in [2.24, 2.45) is 5.41 Å². The first-order chi connectivity index (χ1) is 12.0. The third kappa shape index (κ3) is 3.95. The third-order valence-corrected chi connectivity index (χ3v) is 6.12. The van der Waals surface area contributed by atoms with Crippen LogP contribution in [0.4, 0.5) is 0 Å². The van der Waals surface area contributed by atoms with Crippen LogP contribution in [-0.4, -0.2) is 46.7 Å². The lowest BCUT2D eigenvalue weighted by Crippen LogP contribution is -2.68. The zero-order valence-corrected chi connectivity index (χ0v) is 17.4. The van der Waals surface area contributed by atoms with Gasteiger partial charge in [-0.2, -0.15) is 0 Å². The summed E-state index contributed by atoms with van der Waals surface area (Å²) in [5, 5.41) is 10.4. The minimum absolute atomic E-state index is 0.0819. The lowest BCUT2D eigenvalue weighted by Gasteiger charge is -2.60. The summed E-state index contributed by atoms with van der Waals surface area (Å²) in [5.74, 6) is -0.571. The Kier molecular flexibility index (Phi) is 5.22. The maximum absolute atomic E-state index is 9.59. The fourth-order valence-electron chi connectivity index (χ4n) is 4.58. The highest BCUT2D eigenvalue weighted by Crippen LogP contribution is 2.49. The normalized spacial score (nSPS) is 26.7. The van der Waals surface area contributed by atoms with Gasteiger partial charge in [-0.3, -0.25) is 4.90 Å². The Morgan fingerprint density at radius 2 is 1.46 bits per heavy atom. The Balaban J connectivity index is 1.80. The Morgan fingerprint density at radius 3 is 1.92 bits per heavy atom. The average Bonchev–Trinajstić information content (AvgIpc) is 2.55. The molecule has 0 aromatic heterocycles. The molecule has 1 spiro atoms. The first kappa shape index (κ1) is 20.1. The van der Waals surface area contributed by atoms with Gasteiger partial charge in [-0.15, -0.1) is 0 Å². The molecule has 0 unspecified atom stereocenters. The van der Waals surface area contributed by atoms with Gasteiger partial charge in [0.05, 0.1) is 19.8 Å². The van der Waals surface area contributed by atoms with E-state index in [9.17, 15) is 5.11 Å². The lowest BCUT2D eigenvalue weighted by atomic mass is 9.75. The number of benzene rings is 1. The molecule has 1 N–H and O–H groups in total. The fraction of sp³-hybridized carbons (Fsp3) is 0.714. The molecule has 0 bridgehead atoms. The van der Waals surface area contributed by atoms with Crippen molar-refractivity contribution in [3.63, 3.8) is 0 Å². The van der Waals surface area contributed by atoms with Crippen molar-refractivity contribution in [3.8, 4) is 0 Å². The summed E-state index contributed by atoms with van der Waals surface area (Å²) in [6.07, 6.45) is 1.61. The molecule has 26 heavy (non-hydrogen) atoms. The zero-order valence-electron chi connectivity index (χ0n) is 16.6. The molecule has 0 aliphatic carbocycles. The van der Waals surface area contributed by atoms with Crippen molar-refractivity contribution in [3.05, 3.63) is 34.9 Å². The predicted octanol–water partition coefficient (Wildman–Crippen LogP) is 4.23. The van der Waals surface area contributed by atoms with Gasteiger partial charge in [-0.25, -0.2) is 0 Å². The second kappa shape index (κ2) is 6.75. The average molecular weight is 382 g/mol. The number of halogens is 1. The highest BCUT2D eigenvalue weighted by molar-refractivity contribution is 6.30. The molecular weight excluding hydrogens is 350 g/mol. The van der Waals surface area contributed by atoms with Gasteiger partial charge in [0.1, 0.15) is 0 Å². The smallest absolute Gasteiger partial charge is 0.171 e. The third-order valence-electron chi connectivity index (χ3n) is 5.87. The largest absolute Gasteiger partial charge is 0.396 e. The lowest BCUT2D eigenvalue weighted by molar-refractivity contribution is -0.344. The summed E-state index contributed by atoms with van der Waals surface area (Å²) < 4.78 is 12.5. The van der Waals surface area contributed by atoms with Crippen LogP contribution in [0.15, 0.2) is 24.3 Å². The minimum Gasteiger partial charge on any atom is -0.396 e. The van der Waals surface area contributed by atoms with E-state index in [0.29, 0.717) is 13.2 Å². The summed E-state index contributed by atoms with van der Waals surface area (Å²) in [5.41, 5.74) is 0.771. The number of hydrogen-bond acceptors (Lipinski definition) is 4. The molecular formula is C21H32ClNO3. The molecule has 3 rings (SSSR count). The molecule has 1 aromatic carbocycles. The van der Waals surface area contributed by atoms with E-state index in [4.69, 9.17) is 21.1 Å². The summed E-state index contributed by atoms with van der Waals surface area (Å²) >= 11 is 6.03. The molecule has 0 radical (unpaired) electrons. The van der Waals surface area contributed by atoms with Crippen LogP contribution in [0.5, 0.6) is 0 Å². The van der Waals surface area contributed by atoms with E-state index in [0.717, 1.165) is 24.4 Å². The minimum atomic E-state index is -0.571. The predicted molar refractivity (Wildman–Crippen MR) is 104 cm³/mol. The van der Waals surface area contributed by atoms with E-state index in [-0.39, 0.29) is 23.1 Å². The number of hydrogen-bond donors (Lipinski definition) is 1. The van der Waals surface area contributed by atoms with Gasteiger partial charge in [0.15, 0.2) is 5.79 Å². The molecule has 2 aliphatic rings. The summed E-state index contributed by atoms with van der Waals surface area (Å²) in [4.78, 5) is 2.54. The molecule has 0 saturated carbocycles. The van der Waals surface area contributed by atoms with Crippen molar-refractivity contribution in [2.75, 3.05) is 19.8 Å². The number of rotatable bonds is 3. The molecule has 5 heteroatoms. The second-order valence-corrected chi connectivity index (χ2v) is 10.1. The van der Waals surface area contributed by atoms with E-state index in [1.54, 1.807) is 0 Å². The molecule has 2 fully saturated rings. The van der Waals surface area contributed by atoms with E-state index in [1.165, 1.54) is 5.56 Å². The fourth-order valence-corrected chi connectivity index (χ4v) is 4.71. The molecule has 4 nitrogen and oxygen atoms in total. The highest BCUT2D eigenvalue weighted by Gasteiger charge is 2.56. The molecule has 146 valence electrons.